The second-order valence-electron chi connectivity index (χ2n) is 8.22. The van der Waals surface area contributed by atoms with Crippen molar-refractivity contribution in [3.05, 3.63) is 81.8 Å². The van der Waals surface area contributed by atoms with Gasteiger partial charge in [0.1, 0.15) is 16.2 Å². The summed E-state index contributed by atoms with van der Waals surface area (Å²) in [5.41, 5.74) is 4.54. The molecule has 1 aliphatic rings. The smallest absolute Gasteiger partial charge is 0.273 e. The second kappa shape index (κ2) is 10.5. The summed E-state index contributed by atoms with van der Waals surface area (Å²) in [7, 11) is 0. The highest BCUT2D eigenvalue weighted by Crippen LogP contribution is 2.28. The van der Waals surface area contributed by atoms with Crippen LogP contribution in [0.3, 0.4) is 0 Å². The average Bonchev–Trinajstić information content (AvgIpc) is 3.51. The number of benzene rings is 2. The molecular formula is C26H26N4O2S2. The molecule has 0 bridgehead atoms. The van der Waals surface area contributed by atoms with E-state index in [-0.39, 0.29) is 5.91 Å². The molecule has 8 heteroatoms. The molecule has 2 aromatic heterocycles. The SMILES string of the molecule is Cc1cccc2oc(SCc3nc(C(=O)N4CCN(CC=Cc5ccccc5)CC4)cs3)nc12. The zero-order chi connectivity index (χ0) is 23.3. The third-order valence-corrected chi connectivity index (χ3v) is 7.69. The molecule has 0 saturated carbocycles. The summed E-state index contributed by atoms with van der Waals surface area (Å²) in [6, 6.07) is 16.2. The average molecular weight is 491 g/mol. The number of hydrogen-bond donors (Lipinski definition) is 0. The van der Waals surface area contributed by atoms with Crippen molar-refractivity contribution in [2.45, 2.75) is 17.9 Å². The van der Waals surface area contributed by atoms with Gasteiger partial charge in [0.2, 0.25) is 0 Å². The van der Waals surface area contributed by atoms with Crippen molar-refractivity contribution in [1.29, 1.82) is 0 Å². The van der Waals surface area contributed by atoms with Gasteiger partial charge in [0, 0.05) is 38.1 Å². The lowest BCUT2D eigenvalue weighted by Crippen LogP contribution is -2.48. The summed E-state index contributed by atoms with van der Waals surface area (Å²) in [6.07, 6.45) is 4.34. The van der Waals surface area contributed by atoms with Gasteiger partial charge >= 0.3 is 0 Å². The van der Waals surface area contributed by atoms with Gasteiger partial charge in [0.05, 0.1) is 5.75 Å². The van der Waals surface area contributed by atoms with E-state index in [9.17, 15) is 4.79 Å². The number of para-hydroxylation sites is 1. The molecule has 0 radical (unpaired) electrons. The first kappa shape index (κ1) is 22.8. The maximum absolute atomic E-state index is 12.9. The van der Waals surface area contributed by atoms with Crippen molar-refractivity contribution in [1.82, 2.24) is 19.8 Å². The molecule has 5 rings (SSSR count). The zero-order valence-corrected chi connectivity index (χ0v) is 20.6. The molecule has 2 aromatic carbocycles. The van der Waals surface area contributed by atoms with E-state index >= 15 is 0 Å². The number of carbonyl (C=O) groups is 1. The van der Waals surface area contributed by atoms with Crippen LogP contribution < -0.4 is 0 Å². The van der Waals surface area contributed by atoms with Crippen LogP contribution in [0.4, 0.5) is 0 Å². The molecule has 0 N–H and O–H groups in total. The molecule has 0 spiro atoms. The monoisotopic (exact) mass is 490 g/mol. The third-order valence-electron chi connectivity index (χ3n) is 5.82. The Hall–Kier alpha value is -2.94. The maximum atomic E-state index is 12.9. The first-order chi connectivity index (χ1) is 16.7. The highest BCUT2D eigenvalue weighted by Gasteiger charge is 2.23. The van der Waals surface area contributed by atoms with E-state index < -0.39 is 0 Å². The number of carbonyl (C=O) groups excluding carboxylic acids is 1. The number of nitrogens with zero attached hydrogens (tertiary/aromatic N) is 4. The molecule has 4 aromatic rings. The van der Waals surface area contributed by atoms with E-state index in [1.807, 2.05) is 53.6 Å². The van der Waals surface area contributed by atoms with Gasteiger partial charge < -0.3 is 9.32 Å². The maximum Gasteiger partial charge on any atom is 0.273 e. The molecule has 174 valence electrons. The molecule has 0 atom stereocenters. The number of amides is 1. The van der Waals surface area contributed by atoms with Crippen molar-refractivity contribution >= 4 is 46.2 Å². The number of rotatable bonds is 7. The lowest BCUT2D eigenvalue weighted by atomic mass is 10.2. The highest BCUT2D eigenvalue weighted by molar-refractivity contribution is 7.98. The number of hydrogen-bond acceptors (Lipinski definition) is 7. The van der Waals surface area contributed by atoms with Gasteiger partial charge in [-0.15, -0.1) is 11.3 Å². The van der Waals surface area contributed by atoms with Crippen LogP contribution in [0.1, 0.15) is 26.6 Å². The van der Waals surface area contributed by atoms with E-state index in [1.54, 1.807) is 0 Å². The molecule has 0 unspecified atom stereocenters. The predicted octanol–water partition coefficient (Wildman–Crippen LogP) is 5.36. The number of thioether (sulfide) groups is 1. The number of aryl methyl sites for hydroxylation is 1. The normalized spacial score (nSPS) is 14.9. The summed E-state index contributed by atoms with van der Waals surface area (Å²) in [5, 5.41) is 3.39. The van der Waals surface area contributed by atoms with Crippen LogP contribution in [0.25, 0.3) is 17.2 Å². The molecule has 1 fully saturated rings. The molecular weight excluding hydrogens is 464 g/mol. The largest absolute Gasteiger partial charge is 0.431 e. The molecule has 3 heterocycles. The minimum Gasteiger partial charge on any atom is -0.431 e. The van der Waals surface area contributed by atoms with E-state index in [0.717, 1.165) is 54.4 Å². The highest BCUT2D eigenvalue weighted by atomic mass is 32.2. The number of oxazole rings is 1. The number of piperazine rings is 1. The lowest BCUT2D eigenvalue weighted by molar-refractivity contribution is 0.0645. The second-order valence-corrected chi connectivity index (χ2v) is 10.1. The van der Waals surface area contributed by atoms with Crippen LogP contribution in [0, 0.1) is 6.92 Å². The lowest BCUT2D eigenvalue weighted by Gasteiger charge is -2.33. The summed E-state index contributed by atoms with van der Waals surface area (Å²) in [6.45, 7) is 6.11. The Balaban J connectivity index is 1.11. The van der Waals surface area contributed by atoms with Gasteiger partial charge in [0.15, 0.2) is 5.58 Å². The Morgan fingerprint density at radius 2 is 1.91 bits per heavy atom. The Morgan fingerprint density at radius 1 is 1.09 bits per heavy atom. The Morgan fingerprint density at radius 3 is 2.71 bits per heavy atom. The van der Waals surface area contributed by atoms with Crippen LogP contribution in [-0.4, -0.2) is 58.4 Å². The summed E-state index contributed by atoms with van der Waals surface area (Å²) in [5.74, 6) is 0.648. The summed E-state index contributed by atoms with van der Waals surface area (Å²) >= 11 is 3.02. The number of thiazole rings is 1. The van der Waals surface area contributed by atoms with Crippen molar-refractivity contribution in [2.24, 2.45) is 0 Å². The van der Waals surface area contributed by atoms with Gasteiger partial charge in [-0.05, 0) is 24.1 Å². The van der Waals surface area contributed by atoms with Gasteiger partial charge in [0.25, 0.3) is 11.1 Å². The molecule has 0 aliphatic carbocycles. The predicted molar refractivity (Wildman–Crippen MR) is 138 cm³/mol. The van der Waals surface area contributed by atoms with Gasteiger partial charge in [-0.2, -0.15) is 0 Å². The van der Waals surface area contributed by atoms with E-state index in [0.29, 0.717) is 16.7 Å². The Labute approximate surface area is 207 Å². The van der Waals surface area contributed by atoms with Crippen molar-refractivity contribution in [3.63, 3.8) is 0 Å². The Bertz CT molecular complexity index is 1290. The van der Waals surface area contributed by atoms with Gasteiger partial charge in [-0.25, -0.2) is 9.97 Å². The summed E-state index contributed by atoms with van der Waals surface area (Å²) < 4.78 is 5.83. The minimum absolute atomic E-state index is 0.0180. The first-order valence-corrected chi connectivity index (χ1v) is 13.2. The fraction of sp³-hybridized carbons (Fsp3) is 0.269. The van der Waals surface area contributed by atoms with Crippen molar-refractivity contribution in [2.75, 3.05) is 32.7 Å². The standard InChI is InChI=1S/C26H26N4O2S2/c1-19-7-5-11-22-24(19)28-26(32-22)34-18-23-27-21(17-33-23)25(31)30-15-13-29(14-16-30)12-6-10-20-8-3-2-4-9-20/h2-11,17H,12-16,18H2,1H3. The first-order valence-electron chi connectivity index (χ1n) is 11.3. The van der Waals surface area contributed by atoms with Crippen molar-refractivity contribution in [3.8, 4) is 0 Å². The van der Waals surface area contributed by atoms with Crippen LogP contribution in [-0.2, 0) is 5.75 Å². The molecule has 34 heavy (non-hydrogen) atoms. The fourth-order valence-corrected chi connectivity index (χ4v) is 5.54. The molecule has 6 nitrogen and oxygen atoms in total. The minimum atomic E-state index is 0.0180. The Kier molecular flexibility index (Phi) is 7.08. The van der Waals surface area contributed by atoms with Crippen LogP contribution >= 0.6 is 23.1 Å². The van der Waals surface area contributed by atoms with Crippen LogP contribution in [0.2, 0.25) is 0 Å². The quantitative estimate of drug-likeness (QED) is 0.325. The summed E-state index contributed by atoms with van der Waals surface area (Å²) in [4.78, 5) is 26.4. The van der Waals surface area contributed by atoms with E-state index in [2.05, 4.69) is 39.2 Å². The van der Waals surface area contributed by atoms with Gasteiger partial charge in [-0.3, -0.25) is 9.69 Å². The van der Waals surface area contributed by atoms with Crippen LogP contribution in [0.5, 0.6) is 0 Å². The number of fused-ring (bicyclic) bond motifs is 1. The van der Waals surface area contributed by atoms with Gasteiger partial charge in [-0.1, -0.05) is 66.4 Å². The molecule has 1 amide bonds. The zero-order valence-electron chi connectivity index (χ0n) is 19.0. The molecule has 1 aliphatic heterocycles. The van der Waals surface area contributed by atoms with E-state index in [1.165, 1.54) is 28.7 Å². The van der Waals surface area contributed by atoms with E-state index in [4.69, 9.17) is 4.42 Å². The third kappa shape index (κ3) is 5.41. The fourth-order valence-electron chi connectivity index (χ4n) is 3.92. The van der Waals surface area contributed by atoms with Crippen molar-refractivity contribution < 1.29 is 9.21 Å². The number of aromatic nitrogens is 2. The molecule has 1 saturated heterocycles. The topological polar surface area (TPSA) is 62.5 Å². The van der Waals surface area contributed by atoms with Crippen LogP contribution in [0.15, 0.2) is 69.6 Å².